The molecule has 6 nitrogen and oxygen atoms in total. The lowest BCUT2D eigenvalue weighted by molar-refractivity contribution is -0.138. The highest BCUT2D eigenvalue weighted by atomic mass is 19.4. The molecule has 10 heteroatoms. The van der Waals surface area contributed by atoms with Gasteiger partial charge in [0.1, 0.15) is 5.82 Å². The third-order valence-electron chi connectivity index (χ3n) is 5.06. The smallest absolute Gasteiger partial charge is 0.348 e. The summed E-state index contributed by atoms with van der Waals surface area (Å²) in [6.07, 6.45) is -0.632. The maximum absolute atomic E-state index is 12.8. The molecule has 1 fully saturated rings. The third-order valence-corrected chi connectivity index (χ3v) is 5.06. The van der Waals surface area contributed by atoms with Crippen LogP contribution in [0.5, 0.6) is 0 Å². The number of hydrogen-bond donors (Lipinski definition) is 2. The van der Waals surface area contributed by atoms with Gasteiger partial charge in [0, 0.05) is 56.4 Å². The van der Waals surface area contributed by atoms with Gasteiger partial charge in [0.25, 0.3) is 0 Å². The molecule has 3 heterocycles. The van der Waals surface area contributed by atoms with Crippen molar-refractivity contribution in [3.8, 4) is 0 Å². The molecule has 1 aliphatic heterocycles. The molecule has 0 bridgehead atoms. The van der Waals surface area contributed by atoms with Crippen LogP contribution in [0.15, 0.2) is 47.4 Å². The summed E-state index contributed by atoms with van der Waals surface area (Å²) in [6.45, 7) is 6.22. The molecule has 0 aromatic carbocycles. The highest BCUT2D eigenvalue weighted by molar-refractivity contribution is 6.05. The quantitative estimate of drug-likeness (QED) is 0.551. The van der Waals surface area contributed by atoms with Crippen molar-refractivity contribution in [2.24, 2.45) is 4.99 Å². The Morgan fingerprint density at radius 3 is 2.63 bits per heavy atom. The first-order valence-corrected chi connectivity index (χ1v) is 9.23. The number of hydrogen-bond acceptors (Lipinski definition) is 5. The van der Waals surface area contributed by atoms with E-state index in [4.69, 9.17) is 0 Å². The number of nitrogens with one attached hydrogen (secondary N) is 2. The number of H-pyrrole nitrogens is 1. The van der Waals surface area contributed by atoms with Crippen LogP contribution < -0.4 is 10.2 Å². The number of aliphatic imine (C=N–C) groups is 1. The summed E-state index contributed by atoms with van der Waals surface area (Å²) >= 11 is 0. The van der Waals surface area contributed by atoms with Crippen LogP contribution in [0.3, 0.4) is 0 Å². The molecule has 0 atom stereocenters. The van der Waals surface area contributed by atoms with Crippen molar-refractivity contribution in [2.75, 3.05) is 37.2 Å². The zero-order valence-electron chi connectivity index (χ0n) is 16.6. The molecular formula is C20H22F4N6. The summed E-state index contributed by atoms with van der Waals surface area (Å²) in [4.78, 5) is 16.9. The number of nitrogens with zero attached hydrogens (tertiary/aromatic N) is 4. The van der Waals surface area contributed by atoms with Crippen molar-refractivity contribution in [3.63, 3.8) is 0 Å². The van der Waals surface area contributed by atoms with Crippen LogP contribution in [-0.4, -0.2) is 47.6 Å². The molecule has 0 radical (unpaired) electrons. The van der Waals surface area contributed by atoms with E-state index in [2.05, 4.69) is 31.8 Å². The lowest BCUT2D eigenvalue weighted by Crippen LogP contribution is -2.37. The van der Waals surface area contributed by atoms with E-state index >= 15 is 0 Å². The average molecular weight is 422 g/mol. The van der Waals surface area contributed by atoms with E-state index in [1.807, 2.05) is 6.92 Å². The van der Waals surface area contributed by atoms with Crippen LogP contribution in [0, 0.1) is 0 Å². The fraction of sp³-hybridized carbons (Fsp3) is 0.350. The van der Waals surface area contributed by atoms with Crippen molar-refractivity contribution >= 4 is 23.1 Å². The van der Waals surface area contributed by atoms with Gasteiger partial charge < -0.3 is 15.2 Å². The largest absolute Gasteiger partial charge is 0.419 e. The summed E-state index contributed by atoms with van der Waals surface area (Å²) in [5, 5.41) is 2.61. The van der Waals surface area contributed by atoms with Gasteiger partial charge in [0.2, 0.25) is 5.95 Å². The van der Waals surface area contributed by atoms with Crippen LogP contribution in [0.25, 0.3) is 5.57 Å². The molecule has 0 amide bonds. The fourth-order valence-electron chi connectivity index (χ4n) is 3.35. The Bertz CT molecular complexity index is 972. The van der Waals surface area contributed by atoms with Gasteiger partial charge in [0.05, 0.1) is 5.56 Å². The highest BCUT2D eigenvalue weighted by Gasteiger charge is 2.32. The van der Waals surface area contributed by atoms with E-state index < -0.39 is 18.5 Å². The van der Waals surface area contributed by atoms with Crippen LogP contribution in [-0.2, 0) is 6.18 Å². The van der Waals surface area contributed by atoms with E-state index in [1.54, 1.807) is 24.2 Å². The van der Waals surface area contributed by atoms with Gasteiger partial charge in [-0.3, -0.25) is 4.99 Å². The molecule has 0 spiro atoms. The Labute approximate surface area is 171 Å². The molecule has 30 heavy (non-hydrogen) atoms. The number of allylic oxidation sites excluding steroid dienone is 2. The lowest BCUT2D eigenvalue weighted by atomic mass is 9.91. The van der Waals surface area contributed by atoms with E-state index in [9.17, 15) is 17.6 Å². The number of aromatic nitrogens is 3. The Morgan fingerprint density at radius 2 is 2.03 bits per heavy atom. The molecule has 3 rings (SSSR count). The molecule has 2 N–H and O–H groups in total. The molecule has 1 saturated heterocycles. The SMILES string of the molecule is C=C(/C(C)=C1\CN(c2ncc(C(F)(F)F)cn2)CC\C1=N\C)c1cc[nH]c1NCF. The molecule has 2 aromatic rings. The topological polar surface area (TPSA) is 69.2 Å². The first-order valence-electron chi connectivity index (χ1n) is 9.23. The van der Waals surface area contributed by atoms with E-state index in [0.717, 1.165) is 34.8 Å². The average Bonchev–Trinajstić information content (AvgIpc) is 3.20. The van der Waals surface area contributed by atoms with Crippen molar-refractivity contribution in [2.45, 2.75) is 19.5 Å². The van der Waals surface area contributed by atoms with Crippen molar-refractivity contribution in [3.05, 3.63) is 53.5 Å². The molecule has 2 aromatic heterocycles. The summed E-state index contributed by atoms with van der Waals surface area (Å²) in [5.74, 6) is 0.742. The van der Waals surface area contributed by atoms with Crippen molar-refractivity contribution in [1.29, 1.82) is 0 Å². The van der Waals surface area contributed by atoms with Gasteiger partial charge in [0.15, 0.2) is 6.80 Å². The summed E-state index contributed by atoms with van der Waals surface area (Å²) in [6, 6.07) is 1.80. The minimum Gasteiger partial charge on any atom is -0.348 e. The molecule has 0 saturated carbocycles. The van der Waals surface area contributed by atoms with Gasteiger partial charge >= 0.3 is 6.18 Å². The van der Waals surface area contributed by atoms with Gasteiger partial charge in [-0.1, -0.05) is 6.58 Å². The zero-order valence-corrected chi connectivity index (χ0v) is 16.6. The Kier molecular flexibility index (Phi) is 6.23. The van der Waals surface area contributed by atoms with Crippen LogP contribution in [0.4, 0.5) is 29.3 Å². The van der Waals surface area contributed by atoms with Gasteiger partial charge in [-0.05, 0) is 29.7 Å². The van der Waals surface area contributed by atoms with Crippen LogP contribution in [0.1, 0.15) is 24.5 Å². The van der Waals surface area contributed by atoms with Crippen molar-refractivity contribution in [1.82, 2.24) is 15.0 Å². The molecular weight excluding hydrogens is 400 g/mol. The number of alkyl halides is 4. The number of rotatable bonds is 5. The highest BCUT2D eigenvalue weighted by Crippen LogP contribution is 2.32. The number of piperidine rings is 1. The van der Waals surface area contributed by atoms with Gasteiger partial charge in [-0.15, -0.1) is 0 Å². The Morgan fingerprint density at radius 1 is 1.33 bits per heavy atom. The second-order valence-corrected chi connectivity index (χ2v) is 6.77. The lowest BCUT2D eigenvalue weighted by Gasteiger charge is -2.31. The van der Waals surface area contributed by atoms with E-state index in [0.29, 0.717) is 30.9 Å². The fourth-order valence-corrected chi connectivity index (χ4v) is 3.35. The molecule has 0 unspecified atom stereocenters. The number of halogens is 4. The predicted octanol–water partition coefficient (Wildman–Crippen LogP) is 4.47. The summed E-state index contributed by atoms with van der Waals surface area (Å²) in [7, 11) is 1.70. The normalized spacial score (nSPS) is 17.9. The second kappa shape index (κ2) is 8.68. The van der Waals surface area contributed by atoms with E-state index in [-0.39, 0.29) is 5.95 Å². The Hall–Kier alpha value is -3.17. The molecule has 1 aliphatic rings. The van der Waals surface area contributed by atoms with E-state index in [1.165, 1.54) is 0 Å². The first kappa shape index (κ1) is 21.5. The number of anilines is 2. The van der Waals surface area contributed by atoms with Gasteiger partial charge in [-0.2, -0.15) is 13.2 Å². The molecule has 160 valence electrons. The Balaban J connectivity index is 1.90. The summed E-state index contributed by atoms with van der Waals surface area (Å²) in [5.41, 5.74) is 3.17. The third kappa shape index (κ3) is 4.37. The van der Waals surface area contributed by atoms with Crippen molar-refractivity contribution < 1.29 is 17.6 Å². The van der Waals surface area contributed by atoms with Gasteiger partial charge in [-0.25, -0.2) is 14.4 Å². The monoisotopic (exact) mass is 422 g/mol. The minimum absolute atomic E-state index is 0.218. The van der Waals surface area contributed by atoms with Crippen LogP contribution in [0.2, 0.25) is 0 Å². The molecule has 0 aliphatic carbocycles. The maximum Gasteiger partial charge on any atom is 0.419 e. The standard InChI is InChI=1S/C20H22F4N6/c1-12(15-4-6-26-18(15)29-11-21)13(2)16-10-30(7-5-17(16)25-3)19-27-8-14(9-28-19)20(22,23)24/h4,6,8-9,26,29H,1,5,7,10-11H2,2-3H3/b16-13+,25-17-. The van der Waals surface area contributed by atoms with Crippen LogP contribution >= 0.6 is 0 Å². The zero-order chi connectivity index (χ0) is 21.9. The second-order valence-electron chi connectivity index (χ2n) is 6.77. The predicted molar refractivity (Wildman–Crippen MR) is 109 cm³/mol. The maximum atomic E-state index is 12.8. The minimum atomic E-state index is -4.48. The summed E-state index contributed by atoms with van der Waals surface area (Å²) < 4.78 is 51.1. The number of aromatic amines is 1. The first-order chi connectivity index (χ1) is 14.3.